The summed E-state index contributed by atoms with van der Waals surface area (Å²) in [5.74, 6) is 0.673. The molecule has 1 N–H and O–H groups in total. The molecule has 0 bridgehead atoms. The highest BCUT2D eigenvalue weighted by Crippen LogP contribution is 2.42. The molecule has 31 heavy (non-hydrogen) atoms. The van der Waals surface area contributed by atoms with Crippen molar-refractivity contribution < 1.29 is 4.92 Å². The van der Waals surface area contributed by atoms with E-state index in [0.29, 0.717) is 23.2 Å². The van der Waals surface area contributed by atoms with Crippen LogP contribution in [-0.2, 0) is 13.6 Å². The van der Waals surface area contributed by atoms with Crippen molar-refractivity contribution in [2.45, 2.75) is 12.6 Å². The van der Waals surface area contributed by atoms with Crippen LogP contribution >= 0.6 is 11.6 Å². The second kappa shape index (κ2) is 7.24. The molecular formula is C22H19ClN6O2. The van der Waals surface area contributed by atoms with E-state index in [1.54, 1.807) is 12.1 Å². The van der Waals surface area contributed by atoms with Gasteiger partial charge in [0.15, 0.2) is 11.0 Å². The molecule has 8 nitrogen and oxygen atoms in total. The number of hydrogen-bond acceptors (Lipinski definition) is 6. The van der Waals surface area contributed by atoms with Crippen LogP contribution in [0.25, 0.3) is 10.9 Å². The van der Waals surface area contributed by atoms with Crippen LogP contribution in [0.2, 0.25) is 5.15 Å². The van der Waals surface area contributed by atoms with Crippen molar-refractivity contribution in [1.82, 2.24) is 14.5 Å². The van der Waals surface area contributed by atoms with E-state index in [0.717, 1.165) is 27.7 Å². The van der Waals surface area contributed by atoms with Crippen molar-refractivity contribution in [3.8, 4) is 0 Å². The van der Waals surface area contributed by atoms with Crippen molar-refractivity contribution in [2.75, 3.05) is 17.3 Å². The first-order chi connectivity index (χ1) is 15.0. The van der Waals surface area contributed by atoms with E-state index >= 15 is 0 Å². The molecule has 2 aromatic carbocycles. The molecule has 1 aliphatic heterocycles. The van der Waals surface area contributed by atoms with Crippen molar-refractivity contribution in [2.24, 2.45) is 7.05 Å². The Morgan fingerprint density at radius 2 is 1.97 bits per heavy atom. The van der Waals surface area contributed by atoms with Gasteiger partial charge < -0.3 is 14.8 Å². The SMILES string of the molecule is CN1Cc2c(c3ccccc3n2C)C(c2cccc([N+](=O)[O-])c2)Nc2c(Cl)ncnc21. The maximum absolute atomic E-state index is 11.4. The molecule has 0 amide bonds. The monoisotopic (exact) mass is 434 g/mol. The van der Waals surface area contributed by atoms with Crippen LogP contribution in [0.3, 0.4) is 0 Å². The number of rotatable bonds is 2. The largest absolute Gasteiger partial charge is 0.369 e. The Bertz CT molecular complexity index is 1340. The highest BCUT2D eigenvalue weighted by molar-refractivity contribution is 6.32. The molecule has 156 valence electrons. The number of benzene rings is 2. The van der Waals surface area contributed by atoms with Gasteiger partial charge in [-0.2, -0.15) is 0 Å². The lowest BCUT2D eigenvalue weighted by atomic mass is 9.94. The first-order valence-corrected chi connectivity index (χ1v) is 10.1. The topological polar surface area (TPSA) is 89.1 Å². The number of nitro groups is 1. The van der Waals surface area contributed by atoms with E-state index in [4.69, 9.17) is 11.6 Å². The standard InChI is InChI=1S/C22H19ClN6O2/c1-27-11-17-18(15-8-3-4-9-16(15)28(17)2)19(13-6-5-7-14(10-13)29(30)31)26-20-21(23)24-12-25-22(20)27/h3-10,12,19,26H,11H2,1-2H3. The summed E-state index contributed by atoms with van der Waals surface area (Å²) < 4.78 is 2.17. The summed E-state index contributed by atoms with van der Waals surface area (Å²) in [5.41, 5.74) is 4.63. The Hall–Kier alpha value is -3.65. The van der Waals surface area contributed by atoms with Gasteiger partial charge in [0.05, 0.1) is 17.5 Å². The summed E-state index contributed by atoms with van der Waals surface area (Å²) >= 11 is 6.46. The van der Waals surface area contributed by atoms with E-state index in [1.165, 1.54) is 12.4 Å². The summed E-state index contributed by atoms with van der Waals surface area (Å²) in [4.78, 5) is 21.7. The van der Waals surface area contributed by atoms with Gasteiger partial charge >= 0.3 is 0 Å². The smallest absolute Gasteiger partial charge is 0.269 e. The van der Waals surface area contributed by atoms with E-state index in [9.17, 15) is 10.1 Å². The van der Waals surface area contributed by atoms with Crippen molar-refractivity contribution in [1.29, 1.82) is 0 Å². The van der Waals surface area contributed by atoms with Gasteiger partial charge in [0, 0.05) is 48.4 Å². The summed E-state index contributed by atoms with van der Waals surface area (Å²) in [6.07, 6.45) is 1.44. The number of nitro benzene ring substituents is 1. The number of halogens is 1. The summed E-state index contributed by atoms with van der Waals surface area (Å²) in [6.45, 7) is 0.591. The predicted octanol–water partition coefficient (Wildman–Crippen LogP) is 4.68. The number of aromatic nitrogens is 3. The minimum atomic E-state index is -0.381. The quantitative estimate of drug-likeness (QED) is 0.280. The fraction of sp³-hybridized carbons (Fsp3) is 0.182. The number of non-ortho nitro benzene ring substituents is 1. The third-order valence-corrected chi connectivity index (χ3v) is 6.08. The van der Waals surface area contributed by atoms with Crippen LogP contribution in [0.1, 0.15) is 22.9 Å². The normalized spacial score (nSPS) is 15.6. The molecule has 2 aromatic heterocycles. The first kappa shape index (κ1) is 19.3. The van der Waals surface area contributed by atoms with Crippen LogP contribution in [0, 0.1) is 10.1 Å². The first-order valence-electron chi connectivity index (χ1n) is 9.74. The molecule has 3 heterocycles. The molecule has 4 aromatic rings. The summed E-state index contributed by atoms with van der Waals surface area (Å²) in [5, 5.41) is 16.3. The number of nitrogens with one attached hydrogen (secondary N) is 1. The van der Waals surface area contributed by atoms with Crippen molar-refractivity contribution in [3.05, 3.63) is 86.9 Å². The predicted molar refractivity (Wildman–Crippen MR) is 121 cm³/mol. The molecular weight excluding hydrogens is 416 g/mol. The van der Waals surface area contributed by atoms with Gasteiger partial charge in [-0.3, -0.25) is 10.1 Å². The van der Waals surface area contributed by atoms with E-state index in [1.807, 2.05) is 37.2 Å². The second-order valence-electron chi connectivity index (χ2n) is 7.59. The summed E-state index contributed by atoms with van der Waals surface area (Å²) in [7, 11) is 3.99. The Morgan fingerprint density at radius 1 is 1.16 bits per heavy atom. The fourth-order valence-electron chi connectivity index (χ4n) is 4.34. The van der Waals surface area contributed by atoms with Gasteiger partial charge in [-0.25, -0.2) is 9.97 Å². The molecule has 0 aliphatic carbocycles. The van der Waals surface area contributed by atoms with Gasteiger partial charge in [0.1, 0.15) is 12.0 Å². The Morgan fingerprint density at radius 3 is 2.77 bits per heavy atom. The molecule has 5 rings (SSSR count). The minimum absolute atomic E-state index is 0.0379. The number of aryl methyl sites for hydroxylation is 1. The number of nitrogens with zero attached hydrogens (tertiary/aromatic N) is 5. The van der Waals surface area contributed by atoms with Crippen molar-refractivity contribution >= 4 is 39.7 Å². The number of anilines is 2. The zero-order valence-electron chi connectivity index (χ0n) is 16.9. The zero-order valence-corrected chi connectivity index (χ0v) is 17.7. The van der Waals surface area contributed by atoms with Crippen LogP contribution < -0.4 is 10.2 Å². The molecule has 1 unspecified atom stereocenters. The molecule has 9 heteroatoms. The minimum Gasteiger partial charge on any atom is -0.369 e. The molecule has 0 fully saturated rings. The lowest BCUT2D eigenvalue weighted by Gasteiger charge is -2.30. The third-order valence-electron chi connectivity index (χ3n) is 5.79. The maximum Gasteiger partial charge on any atom is 0.269 e. The van der Waals surface area contributed by atoms with Gasteiger partial charge in [-0.05, 0) is 11.6 Å². The lowest BCUT2D eigenvalue weighted by molar-refractivity contribution is -0.384. The molecule has 0 saturated heterocycles. The third kappa shape index (κ3) is 3.07. The van der Waals surface area contributed by atoms with Gasteiger partial charge in [-0.1, -0.05) is 41.9 Å². The van der Waals surface area contributed by atoms with Crippen LogP contribution in [0.5, 0.6) is 0 Å². The van der Waals surface area contributed by atoms with Crippen molar-refractivity contribution in [3.63, 3.8) is 0 Å². The van der Waals surface area contributed by atoms with Gasteiger partial charge in [0.2, 0.25) is 0 Å². The average molecular weight is 435 g/mol. The number of para-hydroxylation sites is 1. The molecule has 1 atom stereocenters. The number of hydrogen-bond donors (Lipinski definition) is 1. The zero-order chi connectivity index (χ0) is 21.7. The molecule has 1 aliphatic rings. The van der Waals surface area contributed by atoms with E-state index in [-0.39, 0.29) is 16.7 Å². The molecule has 0 spiro atoms. The molecule has 0 saturated carbocycles. The van der Waals surface area contributed by atoms with Gasteiger partial charge in [0.25, 0.3) is 5.69 Å². The highest BCUT2D eigenvalue weighted by Gasteiger charge is 2.30. The van der Waals surface area contributed by atoms with Crippen LogP contribution in [-0.4, -0.2) is 26.5 Å². The second-order valence-corrected chi connectivity index (χ2v) is 7.94. The Kier molecular flexibility index (Phi) is 4.51. The lowest BCUT2D eigenvalue weighted by Crippen LogP contribution is -2.27. The summed E-state index contributed by atoms with van der Waals surface area (Å²) in [6, 6.07) is 14.5. The number of fused-ring (bicyclic) bond motifs is 4. The van der Waals surface area contributed by atoms with Crippen LogP contribution in [0.15, 0.2) is 54.9 Å². The fourth-order valence-corrected chi connectivity index (χ4v) is 4.52. The maximum atomic E-state index is 11.4. The Balaban J connectivity index is 1.82. The average Bonchev–Trinajstić information content (AvgIpc) is 3.03. The van der Waals surface area contributed by atoms with Gasteiger partial charge in [-0.15, -0.1) is 0 Å². The van der Waals surface area contributed by atoms with E-state index < -0.39 is 0 Å². The Labute approximate surface area is 183 Å². The molecule has 0 radical (unpaired) electrons. The highest BCUT2D eigenvalue weighted by atomic mass is 35.5. The van der Waals surface area contributed by atoms with Crippen LogP contribution in [0.4, 0.5) is 17.2 Å². The van der Waals surface area contributed by atoms with E-state index in [2.05, 4.69) is 32.0 Å².